The number of benzene rings is 1. The Morgan fingerprint density at radius 2 is 1.76 bits per heavy atom. The first-order chi connectivity index (χ1) is 8.10. The molecular weight excluding hydrogens is 210 g/mol. The lowest BCUT2D eigenvalue weighted by Gasteiger charge is -2.34. The van der Waals surface area contributed by atoms with Gasteiger partial charge in [0.05, 0.1) is 6.10 Å². The topological polar surface area (TPSA) is 46.2 Å². The second kappa shape index (κ2) is 5.19. The van der Waals surface area contributed by atoms with E-state index in [1.807, 2.05) is 6.92 Å². The lowest BCUT2D eigenvalue weighted by molar-refractivity contribution is 0.195. The van der Waals surface area contributed by atoms with Crippen molar-refractivity contribution < 1.29 is 5.11 Å². The minimum atomic E-state index is -0.276. The zero-order valence-electron chi connectivity index (χ0n) is 10.7. The molecule has 1 aromatic carbocycles. The van der Waals surface area contributed by atoms with Crippen LogP contribution in [-0.4, -0.2) is 11.2 Å². The average molecular weight is 233 g/mol. The third kappa shape index (κ3) is 3.08. The highest BCUT2D eigenvalue weighted by molar-refractivity contribution is 5.29. The Labute approximate surface area is 104 Å². The molecule has 0 heterocycles. The van der Waals surface area contributed by atoms with Gasteiger partial charge in [-0.05, 0) is 37.3 Å². The standard InChI is InChI=1S/C15H23NO/c1-12(17)11-13-5-7-14(8-6-13)15(16)9-3-2-4-10-15/h5-8,12,17H,2-4,9-11,16H2,1H3. The van der Waals surface area contributed by atoms with Crippen LogP contribution in [0.4, 0.5) is 0 Å². The number of rotatable bonds is 3. The summed E-state index contributed by atoms with van der Waals surface area (Å²) in [5, 5.41) is 9.35. The lowest BCUT2D eigenvalue weighted by Crippen LogP contribution is -2.38. The molecule has 0 aliphatic heterocycles. The number of hydrogen-bond acceptors (Lipinski definition) is 2. The van der Waals surface area contributed by atoms with Crippen molar-refractivity contribution >= 4 is 0 Å². The second-order valence-corrected chi connectivity index (χ2v) is 5.47. The largest absolute Gasteiger partial charge is 0.393 e. The van der Waals surface area contributed by atoms with Crippen molar-refractivity contribution in [3.63, 3.8) is 0 Å². The Bertz CT molecular complexity index is 350. The van der Waals surface area contributed by atoms with Gasteiger partial charge in [-0.1, -0.05) is 43.5 Å². The maximum Gasteiger partial charge on any atom is 0.0552 e. The maximum absolute atomic E-state index is 9.35. The highest BCUT2D eigenvalue weighted by Crippen LogP contribution is 2.34. The van der Waals surface area contributed by atoms with Gasteiger partial charge in [0.2, 0.25) is 0 Å². The molecule has 0 saturated heterocycles. The Kier molecular flexibility index (Phi) is 3.85. The SMILES string of the molecule is CC(O)Cc1ccc(C2(N)CCCCC2)cc1. The molecule has 1 aromatic rings. The summed E-state index contributed by atoms with van der Waals surface area (Å²) in [7, 11) is 0. The fraction of sp³-hybridized carbons (Fsp3) is 0.600. The van der Waals surface area contributed by atoms with Gasteiger partial charge < -0.3 is 10.8 Å². The Morgan fingerprint density at radius 3 is 2.29 bits per heavy atom. The summed E-state index contributed by atoms with van der Waals surface area (Å²) in [5.41, 5.74) is 8.81. The zero-order valence-corrected chi connectivity index (χ0v) is 10.7. The summed E-state index contributed by atoms with van der Waals surface area (Å²) in [6, 6.07) is 8.49. The van der Waals surface area contributed by atoms with Crippen molar-refractivity contribution in [1.29, 1.82) is 0 Å². The van der Waals surface area contributed by atoms with E-state index in [1.165, 1.54) is 30.4 Å². The fourth-order valence-electron chi connectivity index (χ4n) is 2.79. The van der Waals surface area contributed by atoms with Gasteiger partial charge in [-0.15, -0.1) is 0 Å². The lowest BCUT2D eigenvalue weighted by atomic mass is 9.77. The van der Waals surface area contributed by atoms with Crippen LogP contribution in [0, 0.1) is 0 Å². The number of aliphatic hydroxyl groups is 1. The van der Waals surface area contributed by atoms with Gasteiger partial charge in [0, 0.05) is 5.54 Å². The average Bonchev–Trinajstić information content (AvgIpc) is 2.30. The Balaban J connectivity index is 2.11. The van der Waals surface area contributed by atoms with Gasteiger partial charge >= 0.3 is 0 Å². The fourth-order valence-corrected chi connectivity index (χ4v) is 2.79. The van der Waals surface area contributed by atoms with Crippen molar-refractivity contribution in [2.45, 2.75) is 57.1 Å². The molecule has 2 heteroatoms. The van der Waals surface area contributed by atoms with Crippen molar-refractivity contribution in [2.24, 2.45) is 5.73 Å². The van der Waals surface area contributed by atoms with Crippen LogP contribution in [0.15, 0.2) is 24.3 Å². The van der Waals surface area contributed by atoms with Crippen LogP contribution in [0.25, 0.3) is 0 Å². The molecule has 2 nitrogen and oxygen atoms in total. The molecule has 1 atom stereocenters. The molecule has 0 spiro atoms. The monoisotopic (exact) mass is 233 g/mol. The zero-order chi connectivity index (χ0) is 12.3. The quantitative estimate of drug-likeness (QED) is 0.843. The van der Waals surface area contributed by atoms with E-state index in [-0.39, 0.29) is 11.6 Å². The number of nitrogens with two attached hydrogens (primary N) is 1. The van der Waals surface area contributed by atoms with E-state index in [1.54, 1.807) is 0 Å². The molecule has 1 aliphatic rings. The Morgan fingerprint density at radius 1 is 1.18 bits per heavy atom. The molecule has 17 heavy (non-hydrogen) atoms. The van der Waals surface area contributed by atoms with Crippen molar-refractivity contribution in [3.8, 4) is 0 Å². The normalized spacial score (nSPS) is 21.1. The predicted octanol–water partition coefficient (Wildman–Crippen LogP) is 2.73. The minimum Gasteiger partial charge on any atom is -0.393 e. The maximum atomic E-state index is 9.35. The summed E-state index contributed by atoms with van der Waals surface area (Å²) < 4.78 is 0. The first-order valence-electron chi connectivity index (χ1n) is 6.66. The van der Waals surface area contributed by atoms with Gasteiger partial charge in [-0.3, -0.25) is 0 Å². The molecule has 0 aromatic heterocycles. The van der Waals surface area contributed by atoms with Crippen LogP contribution in [-0.2, 0) is 12.0 Å². The molecule has 94 valence electrons. The third-order valence-electron chi connectivity index (χ3n) is 3.81. The number of aliphatic hydroxyl groups excluding tert-OH is 1. The highest BCUT2D eigenvalue weighted by atomic mass is 16.3. The van der Waals surface area contributed by atoms with Crippen LogP contribution in [0.5, 0.6) is 0 Å². The van der Waals surface area contributed by atoms with Gasteiger partial charge in [-0.25, -0.2) is 0 Å². The third-order valence-corrected chi connectivity index (χ3v) is 3.81. The highest BCUT2D eigenvalue weighted by Gasteiger charge is 2.28. The van der Waals surface area contributed by atoms with Crippen LogP contribution in [0.1, 0.15) is 50.2 Å². The molecule has 0 amide bonds. The van der Waals surface area contributed by atoms with E-state index in [0.29, 0.717) is 0 Å². The van der Waals surface area contributed by atoms with Gasteiger partial charge in [0.1, 0.15) is 0 Å². The summed E-state index contributed by atoms with van der Waals surface area (Å²) in [5.74, 6) is 0. The van der Waals surface area contributed by atoms with Crippen LogP contribution < -0.4 is 5.73 Å². The van der Waals surface area contributed by atoms with Crippen LogP contribution >= 0.6 is 0 Å². The van der Waals surface area contributed by atoms with Crippen LogP contribution in [0.2, 0.25) is 0 Å². The molecule has 1 saturated carbocycles. The molecule has 1 aliphatic carbocycles. The molecule has 0 radical (unpaired) electrons. The van der Waals surface area contributed by atoms with Gasteiger partial charge in [0.15, 0.2) is 0 Å². The first-order valence-corrected chi connectivity index (χ1v) is 6.66. The van der Waals surface area contributed by atoms with E-state index in [9.17, 15) is 5.11 Å². The van der Waals surface area contributed by atoms with E-state index in [2.05, 4.69) is 24.3 Å². The molecular formula is C15H23NO. The Hall–Kier alpha value is -0.860. The first kappa shape index (κ1) is 12.6. The summed E-state index contributed by atoms with van der Waals surface area (Å²) in [6.45, 7) is 1.82. The van der Waals surface area contributed by atoms with E-state index in [4.69, 9.17) is 5.73 Å². The molecule has 2 rings (SSSR count). The molecule has 0 bridgehead atoms. The van der Waals surface area contributed by atoms with E-state index >= 15 is 0 Å². The number of hydrogen-bond donors (Lipinski definition) is 2. The van der Waals surface area contributed by atoms with E-state index in [0.717, 1.165) is 19.3 Å². The summed E-state index contributed by atoms with van der Waals surface area (Å²) in [6.07, 6.45) is 6.45. The molecule has 1 fully saturated rings. The smallest absolute Gasteiger partial charge is 0.0552 e. The predicted molar refractivity (Wildman–Crippen MR) is 70.8 cm³/mol. The van der Waals surface area contributed by atoms with Crippen molar-refractivity contribution in [3.05, 3.63) is 35.4 Å². The second-order valence-electron chi connectivity index (χ2n) is 5.47. The molecule has 1 unspecified atom stereocenters. The van der Waals surface area contributed by atoms with Gasteiger partial charge in [0.25, 0.3) is 0 Å². The summed E-state index contributed by atoms with van der Waals surface area (Å²) >= 11 is 0. The minimum absolute atomic E-state index is 0.110. The summed E-state index contributed by atoms with van der Waals surface area (Å²) in [4.78, 5) is 0. The van der Waals surface area contributed by atoms with Gasteiger partial charge in [-0.2, -0.15) is 0 Å². The van der Waals surface area contributed by atoms with Crippen molar-refractivity contribution in [1.82, 2.24) is 0 Å². The van der Waals surface area contributed by atoms with E-state index < -0.39 is 0 Å². The van der Waals surface area contributed by atoms with Crippen molar-refractivity contribution in [2.75, 3.05) is 0 Å². The molecule has 3 N–H and O–H groups in total. The van der Waals surface area contributed by atoms with Crippen LogP contribution in [0.3, 0.4) is 0 Å².